The number of aryl methyl sites for hydroxylation is 1. The number of pyridine rings is 1. The lowest BCUT2D eigenvalue weighted by Crippen LogP contribution is -2.03. The highest BCUT2D eigenvalue weighted by Gasteiger charge is 2.17. The average molecular weight is 276 g/mol. The molecule has 2 aromatic heterocycles. The van der Waals surface area contributed by atoms with Crippen molar-refractivity contribution < 1.29 is 5.11 Å². The van der Waals surface area contributed by atoms with E-state index in [0.717, 1.165) is 16.4 Å². The zero-order chi connectivity index (χ0) is 14.0. The third-order valence-electron chi connectivity index (χ3n) is 2.84. The third kappa shape index (κ3) is 2.44. The van der Waals surface area contributed by atoms with Gasteiger partial charge in [-0.3, -0.25) is 4.40 Å². The number of nitrogens with zero attached hydrogens (tertiary/aromatic N) is 4. The SMILES string of the molecule is Cc1cc(SCCO)n2c(C(C)C)nnc2c1C#N. The van der Waals surface area contributed by atoms with E-state index in [0.29, 0.717) is 17.0 Å². The van der Waals surface area contributed by atoms with Crippen LogP contribution < -0.4 is 0 Å². The van der Waals surface area contributed by atoms with Gasteiger partial charge in [-0.05, 0) is 18.6 Å². The first kappa shape index (κ1) is 13.8. The molecule has 0 aliphatic carbocycles. The molecule has 0 aliphatic rings. The normalized spacial score (nSPS) is 11.2. The van der Waals surface area contributed by atoms with Gasteiger partial charge in [-0.25, -0.2) is 0 Å². The van der Waals surface area contributed by atoms with Crippen LogP contribution in [0.1, 0.15) is 36.7 Å². The Morgan fingerprint density at radius 3 is 2.79 bits per heavy atom. The minimum Gasteiger partial charge on any atom is -0.396 e. The van der Waals surface area contributed by atoms with Crippen LogP contribution in [0.25, 0.3) is 5.65 Å². The Morgan fingerprint density at radius 2 is 2.21 bits per heavy atom. The fourth-order valence-corrected chi connectivity index (χ4v) is 2.81. The average Bonchev–Trinajstić information content (AvgIpc) is 2.80. The van der Waals surface area contributed by atoms with Crippen molar-refractivity contribution in [2.45, 2.75) is 31.7 Å². The number of nitriles is 1. The van der Waals surface area contributed by atoms with Gasteiger partial charge >= 0.3 is 0 Å². The van der Waals surface area contributed by atoms with Gasteiger partial charge in [-0.15, -0.1) is 22.0 Å². The zero-order valence-electron chi connectivity index (χ0n) is 11.2. The quantitative estimate of drug-likeness (QED) is 0.866. The van der Waals surface area contributed by atoms with Crippen molar-refractivity contribution in [2.75, 3.05) is 12.4 Å². The fraction of sp³-hybridized carbons (Fsp3) is 0.462. The summed E-state index contributed by atoms with van der Waals surface area (Å²) in [4.78, 5) is 0. The number of thioether (sulfide) groups is 1. The summed E-state index contributed by atoms with van der Waals surface area (Å²) in [6.07, 6.45) is 0. The smallest absolute Gasteiger partial charge is 0.179 e. The highest BCUT2D eigenvalue weighted by Crippen LogP contribution is 2.27. The van der Waals surface area contributed by atoms with Gasteiger partial charge in [0.25, 0.3) is 0 Å². The number of aliphatic hydroxyl groups is 1. The van der Waals surface area contributed by atoms with E-state index in [1.807, 2.05) is 31.2 Å². The monoisotopic (exact) mass is 276 g/mol. The van der Waals surface area contributed by atoms with Gasteiger partial charge in [0.1, 0.15) is 17.5 Å². The lowest BCUT2D eigenvalue weighted by Gasteiger charge is -2.11. The predicted molar refractivity (Wildman–Crippen MR) is 74.3 cm³/mol. The molecule has 0 bridgehead atoms. The lowest BCUT2D eigenvalue weighted by molar-refractivity contribution is 0.322. The first-order chi connectivity index (χ1) is 9.10. The van der Waals surface area contributed by atoms with Crippen molar-refractivity contribution in [3.05, 3.63) is 23.0 Å². The Labute approximate surface area is 116 Å². The minimum absolute atomic E-state index is 0.115. The van der Waals surface area contributed by atoms with Crippen molar-refractivity contribution in [3.63, 3.8) is 0 Å². The number of fused-ring (bicyclic) bond motifs is 1. The molecule has 2 aromatic rings. The molecule has 0 atom stereocenters. The van der Waals surface area contributed by atoms with Gasteiger partial charge in [-0.2, -0.15) is 5.26 Å². The first-order valence-corrected chi connectivity index (χ1v) is 7.11. The number of hydrogen-bond donors (Lipinski definition) is 1. The molecule has 0 radical (unpaired) electrons. The van der Waals surface area contributed by atoms with Crippen LogP contribution in [0.5, 0.6) is 0 Å². The van der Waals surface area contributed by atoms with Crippen molar-refractivity contribution >= 4 is 17.4 Å². The maximum atomic E-state index is 9.25. The van der Waals surface area contributed by atoms with Crippen molar-refractivity contribution in [1.82, 2.24) is 14.6 Å². The second-order valence-corrected chi connectivity index (χ2v) is 5.71. The largest absolute Gasteiger partial charge is 0.396 e. The van der Waals surface area contributed by atoms with Crippen LogP contribution in [-0.4, -0.2) is 32.1 Å². The molecule has 0 saturated carbocycles. The van der Waals surface area contributed by atoms with Gasteiger partial charge < -0.3 is 5.11 Å². The van der Waals surface area contributed by atoms with Crippen LogP contribution in [0.3, 0.4) is 0 Å². The fourth-order valence-electron chi connectivity index (χ4n) is 1.94. The molecule has 5 nitrogen and oxygen atoms in total. The number of rotatable bonds is 4. The molecular formula is C13H16N4OS. The van der Waals surface area contributed by atoms with E-state index in [-0.39, 0.29) is 12.5 Å². The molecule has 1 N–H and O–H groups in total. The molecule has 19 heavy (non-hydrogen) atoms. The van der Waals surface area contributed by atoms with Gasteiger partial charge in [0.2, 0.25) is 0 Å². The maximum Gasteiger partial charge on any atom is 0.179 e. The van der Waals surface area contributed by atoms with Crippen molar-refractivity contribution in [2.24, 2.45) is 0 Å². The Kier molecular flexibility index (Phi) is 4.08. The van der Waals surface area contributed by atoms with Crippen molar-refractivity contribution in [3.8, 4) is 6.07 Å². The van der Waals surface area contributed by atoms with Gasteiger partial charge in [0.15, 0.2) is 5.65 Å². The Hall–Kier alpha value is -1.58. The molecule has 0 aliphatic heterocycles. The second kappa shape index (κ2) is 5.59. The third-order valence-corrected chi connectivity index (χ3v) is 3.82. The predicted octanol–water partition coefficient (Wildman–Crippen LogP) is 2.12. The highest BCUT2D eigenvalue weighted by molar-refractivity contribution is 7.99. The number of aliphatic hydroxyl groups excluding tert-OH is 1. The molecule has 0 spiro atoms. The van der Waals surface area contributed by atoms with Gasteiger partial charge in [0.05, 0.1) is 11.6 Å². The van der Waals surface area contributed by atoms with Crippen LogP contribution in [0.15, 0.2) is 11.1 Å². The Bertz CT molecular complexity index is 642. The van der Waals surface area contributed by atoms with Crippen LogP contribution in [0.4, 0.5) is 0 Å². The molecule has 0 saturated heterocycles. The summed E-state index contributed by atoms with van der Waals surface area (Å²) >= 11 is 1.54. The summed E-state index contributed by atoms with van der Waals surface area (Å²) < 4.78 is 1.93. The Morgan fingerprint density at radius 1 is 1.47 bits per heavy atom. The van der Waals surface area contributed by atoms with Crippen LogP contribution in [0, 0.1) is 18.3 Å². The summed E-state index contributed by atoms with van der Waals surface area (Å²) in [7, 11) is 0. The van der Waals surface area contributed by atoms with E-state index in [9.17, 15) is 5.26 Å². The lowest BCUT2D eigenvalue weighted by atomic mass is 10.1. The molecule has 0 amide bonds. The summed E-state index contributed by atoms with van der Waals surface area (Å²) in [6, 6.07) is 4.15. The van der Waals surface area contributed by atoms with Crippen LogP contribution >= 0.6 is 11.8 Å². The molecule has 2 heterocycles. The summed E-state index contributed by atoms with van der Waals surface area (Å²) in [5.74, 6) is 1.67. The molecular weight excluding hydrogens is 260 g/mol. The van der Waals surface area contributed by atoms with Crippen molar-refractivity contribution in [1.29, 1.82) is 5.26 Å². The van der Waals surface area contributed by atoms with Gasteiger partial charge in [0, 0.05) is 11.7 Å². The Balaban J connectivity index is 2.73. The number of hydrogen-bond acceptors (Lipinski definition) is 5. The van der Waals surface area contributed by atoms with Gasteiger partial charge in [-0.1, -0.05) is 13.8 Å². The van der Waals surface area contributed by atoms with E-state index in [1.165, 1.54) is 0 Å². The van der Waals surface area contributed by atoms with E-state index in [2.05, 4.69) is 16.3 Å². The molecule has 0 fully saturated rings. The van der Waals surface area contributed by atoms with E-state index >= 15 is 0 Å². The molecule has 0 aromatic carbocycles. The molecule has 0 unspecified atom stereocenters. The van der Waals surface area contributed by atoms with E-state index in [1.54, 1.807) is 11.8 Å². The summed E-state index contributed by atoms with van der Waals surface area (Å²) in [5, 5.41) is 27.6. The molecule has 2 rings (SSSR count). The first-order valence-electron chi connectivity index (χ1n) is 6.12. The van der Waals surface area contributed by atoms with Crippen LogP contribution in [0.2, 0.25) is 0 Å². The summed E-state index contributed by atoms with van der Waals surface area (Å²) in [5.41, 5.74) is 2.05. The minimum atomic E-state index is 0.115. The number of aromatic nitrogens is 3. The van der Waals surface area contributed by atoms with E-state index in [4.69, 9.17) is 5.11 Å². The molecule has 6 heteroatoms. The summed E-state index contributed by atoms with van der Waals surface area (Å²) in [6.45, 7) is 6.10. The zero-order valence-corrected chi connectivity index (χ0v) is 12.0. The standard InChI is InChI=1S/C13H16N4OS/c1-8(2)12-15-16-13-10(7-14)9(3)6-11(17(12)13)19-5-4-18/h6,8,18H,4-5H2,1-3H3. The highest BCUT2D eigenvalue weighted by atomic mass is 32.2. The maximum absolute atomic E-state index is 9.25. The van der Waals surface area contributed by atoms with E-state index < -0.39 is 0 Å². The van der Waals surface area contributed by atoms with Crippen LogP contribution in [-0.2, 0) is 0 Å². The molecule has 100 valence electrons. The second-order valence-electron chi connectivity index (χ2n) is 4.60. The topological polar surface area (TPSA) is 74.2 Å².